The summed E-state index contributed by atoms with van der Waals surface area (Å²) in [6, 6.07) is 16.9. The summed E-state index contributed by atoms with van der Waals surface area (Å²) in [4.78, 5) is 12.1. The Morgan fingerprint density at radius 1 is 1.00 bits per heavy atom. The minimum Gasteiger partial charge on any atom is -0.456 e. The first kappa shape index (κ1) is 11.7. The third-order valence-electron chi connectivity index (χ3n) is 3.30. The molecule has 2 aromatic carbocycles. The van der Waals surface area contributed by atoms with Gasteiger partial charge in [-0.3, -0.25) is 4.79 Å². The molecular formula is C17H14O2. The van der Waals surface area contributed by atoms with E-state index in [0.717, 1.165) is 12.0 Å². The molecule has 0 saturated carbocycles. The number of hydrogen-bond acceptors (Lipinski definition) is 2. The molecule has 1 aromatic heterocycles. The highest BCUT2D eigenvalue weighted by Gasteiger charge is 2.09. The summed E-state index contributed by atoms with van der Waals surface area (Å²) in [5.41, 5.74) is 2.81. The zero-order chi connectivity index (χ0) is 13.2. The van der Waals surface area contributed by atoms with Crippen molar-refractivity contribution in [3.8, 4) is 11.3 Å². The van der Waals surface area contributed by atoms with Gasteiger partial charge in [-0.1, -0.05) is 43.3 Å². The number of benzene rings is 2. The molecule has 2 heteroatoms. The lowest BCUT2D eigenvalue weighted by molar-refractivity contribution is 0.618. The molecule has 0 atom stereocenters. The van der Waals surface area contributed by atoms with Gasteiger partial charge in [0.1, 0.15) is 11.3 Å². The molecule has 0 bridgehead atoms. The summed E-state index contributed by atoms with van der Waals surface area (Å²) < 4.78 is 5.87. The van der Waals surface area contributed by atoms with Gasteiger partial charge in [-0.2, -0.15) is 0 Å². The summed E-state index contributed by atoms with van der Waals surface area (Å²) in [5.74, 6) is 0.640. The van der Waals surface area contributed by atoms with Crippen LogP contribution in [0.1, 0.15) is 12.5 Å². The summed E-state index contributed by atoms with van der Waals surface area (Å²) in [5, 5.41) is 0.625. The maximum Gasteiger partial charge on any atom is 0.193 e. The van der Waals surface area contributed by atoms with Crippen LogP contribution in [0.15, 0.2) is 63.8 Å². The van der Waals surface area contributed by atoms with Crippen molar-refractivity contribution < 1.29 is 4.42 Å². The lowest BCUT2D eigenvalue weighted by Crippen LogP contribution is -2.00. The molecule has 0 N–H and O–H groups in total. The molecular weight excluding hydrogens is 236 g/mol. The van der Waals surface area contributed by atoms with E-state index in [1.54, 1.807) is 12.1 Å². The molecule has 94 valence electrons. The first-order chi connectivity index (χ1) is 9.29. The van der Waals surface area contributed by atoms with Crippen LogP contribution in [0.3, 0.4) is 0 Å². The Kier molecular flexibility index (Phi) is 2.92. The SMILES string of the molecule is CCc1ccccc1-c1cc(=O)c2ccccc2o1. The molecule has 1 heterocycles. The van der Waals surface area contributed by atoms with Crippen molar-refractivity contribution in [2.75, 3.05) is 0 Å². The normalized spacial score (nSPS) is 10.8. The van der Waals surface area contributed by atoms with Crippen LogP contribution in [-0.4, -0.2) is 0 Å². The fraction of sp³-hybridized carbons (Fsp3) is 0.118. The molecule has 0 radical (unpaired) electrons. The van der Waals surface area contributed by atoms with Crippen molar-refractivity contribution >= 4 is 11.0 Å². The van der Waals surface area contributed by atoms with Crippen LogP contribution in [0.25, 0.3) is 22.3 Å². The molecule has 2 nitrogen and oxygen atoms in total. The zero-order valence-electron chi connectivity index (χ0n) is 10.7. The fourth-order valence-electron chi connectivity index (χ4n) is 2.31. The van der Waals surface area contributed by atoms with Crippen LogP contribution in [0.2, 0.25) is 0 Å². The van der Waals surface area contributed by atoms with Crippen molar-refractivity contribution in [2.45, 2.75) is 13.3 Å². The van der Waals surface area contributed by atoms with Crippen LogP contribution >= 0.6 is 0 Å². The van der Waals surface area contributed by atoms with E-state index in [2.05, 4.69) is 13.0 Å². The smallest absolute Gasteiger partial charge is 0.193 e. The van der Waals surface area contributed by atoms with Gasteiger partial charge in [0.15, 0.2) is 5.43 Å². The Morgan fingerprint density at radius 2 is 1.74 bits per heavy atom. The molecule has 19 heavy (non-hydrogen) atoms. The van der Waals surface area contributed by atoms with Gasteiger partial charge in [0.05, 0.1) is 5.39 Å². The monoisotopic (exact) mass is 250 g/mol. The molecule has 0 aliphatic carbocycles. The number of fused-ring (bicyclic) bond motifs is 1. The maximum absolute atomic E-state index is 12.1. The van der Waals surface area contributed by atoms with Crippen molar-refractivity contribution in [3.63, 3.8) is 0 Å². The number of hydrogen-bond donors (Lipinski definition) is 0. The second-order valence-corrected chi connectivity index (χ2v) is 4.48. The quantitative estimate of drug-likeness (QED) is 0.687. The van der Waals surface area contributed by atoms with Crippen LogP contribution in [0, 0.1) is 0 Å². The van der Waals surface area contributed by atoms with Crippen molar-refractivity contribution in [1.82, 2.24) is 0 Å². The summed E-state index contributed by atoms with van der Waals surface area (Å²) in [6.07, 6.45) is 0.909. The lowest BCUT2D eigenvalue weighted by Gasteiger charge is -2.07. The van der Waals surface area contributed by atoms with Gasteiger partial charge in [0, 0.05) is 11.6 Å². The van der Waals surface area contributed by atoms with Gasteiger partial charge in [-0.05, 0) is 24.1 Å². The topological polar surface area (TPSA) is 30.2 Å². The standard InChI is InChI=1S/C17H14O2/c1-2-12-7-3-4-8-13(12)17-11-15(18)14-9-5-6-10-16(14)19-17/h3-11H,2H2,1H3. The average Bonchev–Trinajstić information content (AvgIpc) is 2.47. The van der Waals surface area contributed by atoms with Gasteiger partial charge in [-0.15, -0.1) is 0 Å². The molecule has 3 rings (SSSR count). The number of aryl methyl sites for hydroxylation is 1. The molecule has 0 amide bonds. The van der Waals surface area contributed by atoms with Crippen molar-refractivity contribution in [3.05, 3.63) is 70.4 Å². The molecule has 0 aliphatic rings. The minimum absolute atomic E-state index is 0.00255. The summed E-state index contributed by atoms with van der Waals surface area (Å²) in [7, 11) is 0. The largest absolute Gasteiger partial charge is 0.456 e. The van der Waals surface area contributed by atoms with Gasteiger partial charge in [-0.25, -0.2) is 0 Å². The maximum atomic E-state index is 12.1. The average molecular weight is 250 g/mol. The third kappa shape index (κ3) is 2.06. The van der Waals surface area contributed by atoms with E-state index in [1.807, 2.05) is 36.4 Å². The molecule has 0 saturated heterocycles. The first-order valence-corrected chi connectivity index (χ1v) is 6.41. The van der Waals surface area contributed by atoms with E-state index >= 15 is 0 Å². The minimum atomic E-state index is 0.00255. The Bertz CT molecular complexity index is 784. The van der Waals surface area contributed by atoms with Gasteiger partial charge in [0.25, 0.3) is 0 Å². The second kappa shape index (κ2) is 4.73. The number of para-hydroxylation sites is 1. The zero-order valence-corrected chi connectivity index (χ0v) is 10.7. The predicted octanol–water partition coefficient (Wildman–Crippen LogP) is 4.02. The highest BCUT2D eigenvalue weighted by Crippen LogP contribution is 2.25. The van der Waals surface area contributed by atoms with Crippen LogP contribution in [-0.2, 0) is 6.42 Å². The van der Waals surface area contributed by atoms with E-state index in [1.165, 1.54) is 5.56 Å². The van der Waals surface area contributed by atoms with Gasteiger partial charge >= 0.3 is 0 Å². The molecule has 0 fully saturated rings. The van der Waals surface area contributed by atoms with Gasteiger partial charge < -0.3 is 4.42 Å². The Labute approximate surface area is 111 Å². The Hall–Kier alpha value is -2.35. The third-order valence-corrected chi connectivity index (χ3v) is 3.30. The van der Waals surface area contributed by atoms with E-state index in [0.29, 0.717) is 16.7 Å². The highest BCUT2D eigenvalue weighted by atomic mass is 16.3. The fourth-order valence-corrected chi connectivity index (χ4v) is 2.31. The molecule has 0 aliphatic heterocycles. The van der Waals surface area contributed by atoms with Crippen LogP contribution in [0.4, 0.5) is 0 Å². The highest BCUT2D eigenvalue weighted by molar-refractivity contribution is 5.78. The van der Waals surface area contributed by atoms with Gasteiger partial charge in [0.2, 0.25) is 0 Å². The molecule has 0 unspecified atom stereocenters. The lowest BCUT2D eigenvalue weighted by atomic mass is 10.0. The molecule has 0 spiro atoms. The van der Waals surface area contributed by atoms with E-state index in [4.69, 9.17) is 4.42 Å². The van der Waals surface area contributed by atoms with E-state index in [-0.39, 0.29) is 5.43 Å². The summed E-state index contributed by atoms with van der Waals surface area (Å²) >= 11 is 0. The van der Waals surface area contributed by atoms with Crippen LogP contribution in [0.5, 0.6) is 0 Å². The second-order valence-electron chi connectivity index (χ2n) is 4.48. The van der Waals surface area contributed by atoms with E-state index < -0.39 is 0 Å². The van der Waals surface area contributed by atoms with Crippen LogP contribution < -0.4 is 5.43 Å². The van der Waals surface area contributed by atoms with Crippen molar-refractivity contribution in [1.29, 1.82) is 0 Å². The Morgan fingerprint density at radius 3 is 2.58 bits per heavy atom. The Balaban J connectivity index is 2.29. The number of rotatable bonds is 2. The predicted molar refractivity (Wildman–Crippen MR) is 77.3 cm³/mol. The molecule has 3 aromatic rings. The van der Waals surface area contributed by atoms with E-state index in [9.17, 15) is 4.79 Å². The first-order valence-electron chi connectivity index (χ1n) is 6.41. The summed E-state index contributed by atoms with van der Waals surface area (Å²) in [6.45, 7) is 2.10. The van der Waals surface area contributed by atoms with Crippen molar-refractivity contribution in [2.24, 2.45) is 0 Å².